The Labute approximate surface area is 97.7 Å². The van der Waals surface area contributed by atoms with Crippen LogP contribution in [0.2, 0.25) is 0 Å². The van der Waals surface area contributed by atoms with E-state index in [0.29, 0.717) is 12.0 Å². The lowest BCUT2D eigenvalue weighted by atomic mass is 10.1. The zero-order chi connectivity index (χ0) is 11.3. The smallest absolute Gasteiger partial charge is 0.0292 e. The molecule has 1 aromatic rings. The number of hydrogen-bond donors (Lipinski definition) is 1. The Kier molecular flexibility index (Phi) is 5.20. The van der Waals surface area contributed by atoms with Crippen molar-refractivity contribution in [3.63, 3.8) is 0 Å². The number of thioether (sulfide) groups is 1. The molecule has 0 radical (unpaired) electrons. The quantitative estimate of drug-likeness (QED) is 0.764. The molecule has 0 saturated carbocycles. The lowest BCUT2D eigenvalue weighted by Crippen LogP contribution is -2.23. The van der Waals surface area contributed by atoms with Gasteiger partial charge in [-0.2, -0.15) is 0 Å². The predicted molar refractivity (Wildman–Crippen MR) is 69.5 cm³/mol. The summed E-state index contributed by atoms with van der Waals surface area (Å²) < 4.78 is 0. The van der Waals surface area contributed by atoms with E-state index >= 15 is 0 Å². The maximum absolute atomic E-state index is 3.54. The third kappa shape index (κ3) is 4.27. The Hall–Kier alpha value is -0.470. The lowest BCUT2D eigenvalue weighted by molar-refractivity contribution is 0.496. The van der Waals surface area contributed by atoms with E-state index in [-0.39, 0.29) is 0 Å². The number of rotatable bonds is 5. The first-order valence-electron chi connectivity index (χ1n) is 5.50. The highest BCUT2D eigenvalue weighted by Gasteiger charge is 2.05. The van der Waals surface area contributed by atoms with E-state index in [4.69, 9.17) is 0 Å². The Morgan fingerprint density at radius 2 is 2.00 bits per heavy atom. The van der Waals surface area contributed by atoms with Gasteiger partial charge in [0.15, 0.2) is 0 Å². The second-order valence-corrected chi connectivity index (χ2v) is 5.18. The summed E-state index contributed by atoms with van der Waals surface area (Å²) in [6, 6.07) is 9.19. The van der Waals surface area contributed by atoms with Gasteiger partial charge in [-0.15, -0.1) is 11.8 Å². The molecule has 0 heterocycles. The molecule has 1 aromatic carbocycles. The summed E-state index contributed by atoms with van der Waals surface area (Å²) in [7, 11) is 0. The molecule has 0 aliphatic heterocycles. The summed E-state index contributed by atoms with van der Waals surface area (Å²) in [6.45, 7) is 7.77. The summed E-state index contributed by atoms with van der Waals surface area (Å²) in [5.74, 6) is 0.705. The summed E-state index contributed by atoms with van der Waals surface area (Å²) >= 11 is 1.80. The largest absolute Gasteiger partial charge is 0.310 e. The molecule has 1 N–H and O–H groups in total. The molecular weight excluding hydrogens is 202 g/mol. The molecule has 0 aromatic heterocycles. The van der Waals surface area contributed by atoms with Crippen molar-refractivity contribution in [2.45, 2.75) is 31.7 Å². The van der Waals surface area contributed by atoms with Crippen molar-refractivity contribution in [1.29, 1.82) is 0 Å². The van der Waals surface area contributed by atoms with Crippen molar-refractivity contribution in [3.8, 4) is 0 Å². The van der Waals surface area contributed by atoms with E-state index in [9.17, 15) is 0 Å². The highest BCUT2D eigenvalue weighted by molar-refractivity contribution is 7.98. The molecule has 2 heteroatoms. The predicted octanol–water partition coefficient (Wildman–Crippen LogP) is 3.72. The van der Waals surface area contributed by atoms with Gasteiger partial charge in [0.05, 0.1) is 0 Å². The fourth-order valence-electron chi connectivity index (χ4n) is 1.44. The molecule has 1 atom stereocenters. The third-order valence-corrected chi connectivity index (χ3v) is 3.15. The normalized spacial score (nSPS) is 13.1. The topological polar surface area (TPSA) is 12.0 Å². The van der Waals surface area contributed by atoms with Gasteiger partial charge >= 0.3 is 0 Å². The van der Waals surface area contributed by atoms with E-state index in [1.54, 1.807) is 11.8 Å². The molecule has 0 saturated heterocycles. The first-order chi connectivity index (χ1) is 7.13. The second-order valence-electron chi connectivity index (χ2n) is 4.30. The van der Waals surface area contributed by atoms with Crippen molar-refractivity contribution in [3.05, 3.63) is 29.8 Å². The summed E-state index contributed by atoms with van der Waals surface area (Å²) in [5.41, 5.74) is 1.38. The Bertz CT molecular complexity index is 296. The third-order valence-electron chi connectivity index (χ3n) is 2.43. The minimum absolute atomic E-state index is 0.444. The first kappa shape index (κ1) is 12.6. The molecule has 0 spiro atoms. The van der Waals surface area contributed by atoms with Gasteiger partial charge < -0.3 is 5.32 Å². The van der Waals surface area contributed by atoms with Crippen LogP contribution in [0.1, 0.15) is 32.4 Å². The van der Waals surface area contributed by atoms with Crippen LogP contribution >= 0.6 is 11.8 Å². The molecule has 1 unspecified atom stereocenters. The number of hydrogen-bond acceptors (Lipinski definition) is 2. The van der Waals surface area contributed by atoms with Crippen LogP contribution in [0, 0.1) is 5.92 Å². The minimum atomic E-state index is 0.444. The van der Waals surface area contributed by atoms with Crippen LogP contribution in [0.4, 0.5) is 0 Å². The Morgan fingerprint density at radius 1 is 1.27 bits per heavy atom. The van der Waals surface area contributed by atoms with Gasteiger partial charge in [0.25, 0.3) is 0 Å². The van der Waals surface area contributed by atoms with Crippen molar-refractivity contribution >= 4 is 11.8 Å². The van der Waals surface area contributed by atoms with Crippen LogP contribution in [-0.2, 0) is 0 Å². The Morgan fingerprint density at radius 3 is 2.60 bits per heavy atom. The summed E-state index contributed by atoms with van der Waals surface area (Å²) in [6.07, 6.45) is 2.12. The van der Waals surface area contributed by atoms with E-state index in [0.717, 1.165) is 6.54 Å². The average Bonchev–Trinajstić information content (AvgIpc) is 2.26. The number of nitrogens with one attached hydrogen (secondary N) is 1. The second kappa shape index (κ2) is 6.19. The molecule has 0 aliphatic carbocycles. The average molecular weight is 223 g/mol. The van der Waals surface area contributed by atoms with Crippen LogP contribution in [0.25, 0.3) is 0 Å². The number of benzene rings is 1. The lowest BCUT2D eigenvalue weighted by Gasteiger charge is -2.16. The fourth-order valence-corrected chi connectivity index (χ4v) is 1.91. The molecule has 84 valence electrons. The van der Waals surface area contributed by atoms with Crippen LogP contribution in [-0.4, -0.2) is 12.8 Å². The standard InChI is InChI=1S/C13H21NS/c1-10(2)9-14-11(3)12-6-5-7-13(8-12)15-4/h5-8,10-11,14H,9H2,1-4H3. The van der Waals surface area contributed by atoms with Crippen LogP contribution in [0.15, 0.2) is 29.2 Å². The van der Waals surface area contributed by atoms with Gasteiger partial charge in [-0.25, -0.2) is 0 Å². The van der Waals surface area contributed by atoms with Gasteiger partial charge in [-0.05, 0) is 43.3 Å². The summed E-state index contributed by atoms with van der Waals surface area (Å²) in [4.78, 5) is 1.34. The Balaban J connectivity index is 2.60. The molecule has 1 nitrogen and oxygen atoms in total. The minimum Gasteiger partial charge on any atom is -0.310 e. The van der Waals surface area contributed by atoms with Gasteiger partial charge in [0.1, 0.15) is 0 Å². The highest BCUT2D eigenvalue weighted by Crippen LogP contribution is 2.20. The fraction of sp³-hybridized carbons (Fsp3) is 0.538. The van der Waals surface area contributed by atoms with Gasteiger partial charge in [-0.3, -0.25) is 0 Å². The molecule has 0 amide bonds. The van der Waals surface area contributed by atoms with Crippen LogP contribution in [0.5, 0.6) is 0 Å². The molecule has 0 bridgehead atoms. The van der Waals surface area contributed by atoms with Gasteiger partial charge in [0, 0.05) is 10.9 Å². The van der Waals surface area contributed by atoms with E-state index in [1.807, 2.05) is 0 Å². The zero-order valence-electron chi connectivity index (χ0n) is 10.1. The maximum atomic E-state index is 3.54. The summed E-state index contributed by atoms with van der Waals surface area (Å²) in [5, 5.41) is 3.54. The van der Waals surface area contributed by atoms with Crippen molar-refractivity contribution in [2.24, 2.45) is 5.92 Å². The monoisotopic (exact) mass is 223 g/mol. The van der Waals surface area contributed by atoms with Gasteiger partial charge in [-0.1, -0.05) is 26.0 Å². The van der Waals surface area contributed by atoms with E-state index < -0.39 is 0 Å². The van der Waals surface area contributed by atoms with Crippen molar-refractivity contribution in [1.82, 2.24) is 5.32 Å². The van der Waals surface area contributed by atoms with Crippen LogP contribution < -0.4 is 5.32 Å². The first-order valence-corrected chi connectivity index (χ1v) is 6.73. The van der Waals surface area contributed by atoms with Crippen molar-refractivity contribution in [2.75, 3.05) is 12.8 Å². The van der Waals surface area contributed by atoms with Crippen molar-refractivity contribution < 1.29 is 0 Å². The maximum Gasteiger partial charge on any atom is 0.0292 e. The van der Waals surface area contributed by atoms with E-state index in [2.05, 4.69) is 56.6 Å². The molecule has 0 fully saturated rings. The van der Waals surface area contributed by atoms with Gasteiger partial charge in [0.2, 0.25) is 0 Å². The molecule has 1 rings (SSSR count). The molecule has 15 heavy (non-hydrogen) atoms. The van der Waals surface area contributed by atoms with E-state index in [1.165, 1.54) is 10.5 Å². The molecule has 0 aliphatic rings. The van der Waals surface area contributed by atoms with Crippen LogP contribution in [0.3, 0.4) is 0 Å². The SMILES string of the molecule is CSc1cccc(C(C)NCC(C)C)c1. The zero-order valence-corrected chi connectivity index (χ0v) is 10.9. The molecular formula is C13H21NS. The highest BCUT2D eigenvalue weighted by atomic mass is 32.2.